The lowest BCUT2D eigenvalue weighted by molar-refractivity contribution is -0.143. The number of hydrogen-bond acceptors (Lipinski definition) is 6. The summed E-state index contributed by atoms with van der Waals surface area (Å²) in [6, 6.07) is 5.60. The topological polar surface area (TPSA) is 75.9 Å². The van der Waals surface area contributed by atoms with E-state index in [1.165, 1.54) is 4.80 Å². The Bertz CT molecular complexity index is 1490. The van der Waals surface area contributed by atoms with E-state index in [1.54, 1.807) is 18.9 Å². The molecule has 0 spiro atoms. The van der Waals surface area contributed by atoms with E-state index in [9.17, 15) is 31.1 Å². The molecule has 13 heteroatoms. The zero-order valence-electron chi connectivity index (χ0n) is 25.8. The quantitative estimate of drug-likeness (QED) is 0.213. The molecule has 1 aromatic heterocycles. The molecule has 1 N–H and O–H groups in total. The summed E-state index contributed by atoms with van der Waals surface area (Å²) < 4.78 is 82.5. The van der Waals surface area contributed by atoms with E-state index in [1.807, 2.05) is 13.8 Å². The van der Waals surface area contributed by atoms with Crippen LogP contribution in [0.4, 0.5) is 32.3 Å². The van der Waals surface area contributed by atoms with Gasteiger partial charge in [-0.2, -0.15) is 31.1 Å². The van der Waals surface area contributed by atoms with Gasteiger partial charge in [-0.1, -0.05) is 22.8 Å². The predicted octanol–water partition coefficient (Wildman–Crippen LogP) is 7.57. The number of halogens is 6. The maximum atomic E-state index is 13.7. The summed E-state index contributed by atoms with van der Waals surface area (Å²) in [6.07, 6.45) is -4.36. The van der Waals surface area contributed by atoms with Gasteiger partial charge in [0.25, 0.3) is 5.95 Å². The largest absolute Gasteiger partial charge is 0.416 e. The van der Waals surface area contributed by atoms with Gasteiger partial charge in [-0.25, -0.2) is 0 Å². The number of alkyl halides is 6. The molecule has 5 rings (SSSR count). The van der Waals surface area contributed by atoms with Crippen LogP contribution in [0.5, 0.6) is 0 Å². The number of tetrazole rings is 1. The van der Waals surface area contributed by atoms with Crippen LogP contribution < -0.4 is 10.2 Å². The predicted molar refractivity (Wildman–Crippen MR) is 156 cm³/mol. The number of hydrogen-bond donors (Lipinski definition) is 1. The summed E-state index contributed by atoms with van der Waals surface area (Å²) in [7, 11) is 1.55. The Morgan fingerprint density at radius 1 is 0.933 bits per heavy atom. The lowest BCUT2D eigenvalue weighted by atomic mass is 9.83. The summed E-state index contributed by atoms with van der Waals surface area (Å²) in [5.41, 5.74) is 1.17. The second-order valence-corrected chi connectivity index (χ2v) is 12.5. The molecule has 1 heterocycles. The molecule has 2 aromatic carbocycles. The van der Waals surface area contributed by atoms with Crippen LogP contribution in [0.1, 0.15) is 103 Å². The van der Waals surface area contributed by atoms with Crippen LogP contribution in [-0.2, 0) is 30.7 Å². The van der Waals surface area contributed by atoms with Gasteiger partial charge < -0.3 is 10.2 Å². The second kappa shape index (κ2) is 12.7. The Morgan fingerprint density at radius 3 is 2.13 bits per heavy atom. The monoisotopic (exact) mass is 636 g/mol. The maximum absolute atomic E-state index is 13.7. The molecule has 3 aromatic rings. The van der Waals surface area contributed by atoms with E-state index in [2.05, 4.69) is 32.9 Å². The highest BCUT2D eigenvalue weighted by molar-refractivity contribution is 5.78. The number of carbonyl (C=O) groups is 1. The first-order chi connectivity index (χ1) is 21.1. The number of carbonyl (C=O) groups excluding carboxylic acids is 1. The van der Waals surface area contributed by atoms with E-state index in [4.69, 9.17) is 0 Å². The molecule has 2 aliphatic rings. The minimum atomic E-state index is -4.96. The zero-order chi connectivity index (χ0) is 32.7. The van der Waals surface area contributed by atoms with E-state index < -0.39 is 29.5 Å². The number of fused-ring (bicyclic) bond motifs is 1. The van der Waals surface area contributed by atoms with Gasteiger partial charge in [-0.05, 0) is 111 Å². The fourth-order valence-electron chi connectivity index (χ4n) is 7.04. The van der Waals surface area contributed by atoms with Crippen molar-refractivity contribution in [1.29, 1.82) is 0 Å². The first-order valence-corrected chi connectivity index (χ1v) is 15.3. The van der Waals surface area contributed by atoms with E-state index in [-0.39, 0.29) is 47.9 Å². The average Bonchev–Trinajstić information content (AvgIpc) is 3.30. The smallest absolute Gasteiger partial charge is 0.327 e. The molecular formula is C32H38F6N6O. The van der Waals surface area contributed by atoms with E-state index in [0.717, 1.165) is 72.9 Å². The number of aromatic nitrogens is 4. The van der Waals surface area contributed by atoms with Crippen LogP contribution in [0.2, 0.25) is 0 Å². The standard InChI is InChI=1S/C32H38F6N6O/c1-18-12-19(2)29-26(13-18)28(7-5-6-27(29)39-25-10-8-22(9-11-25)20(3)45)44(30-40-42-43(4)41-30)17-21-14-23(31(33,34)35)16-24(15-21)32(36,37)38/h12-16,22,25,27-28,39H,5-11,17H2,1-4H3/t22?,25?,27?,28-/m0/s1. The summed E-state index contributed by atoms with van der Waals surface area (Å²) in [5, 5.41) is 16.3. The van der Waals surface area contributed by atoms with Crippen molar-refractivity contribution in [3.63, 3.8) is 0 Å². The number of aryl methyl sites for hydroxylation is 3. The van der Waals surface area contributed by atoms with Crippen molar-refractivity contribution in [2.45, 2.75) is 103 Å². The van der Waals surface area contributed by atoms with Crippen molar-refractivity contribution in [3.05, 3.63) is 69.3 Å². The zero-order valence-corrected chi connectivity index (χ0v) is 25.8. The number of benzene rings is 2. The van der Waals surface area contributed by atoms with Crippen molar-refractivity contribution in [1.82, 2.24) is 25.5 Å². The van der Waals surface area contributed by atoms with Crippen LogP contribution >= 0.6 is 0 Å². The molecule has 1 saturated carbocycles. The van der Waals surface area contributed by atoms with Crippen LogP contribution in [0, 0.1) is 19.8 Å². The highest BCUT2D eigenvalue weighted by Gasteiger charge is 2.38. The normalized spacial score (nSPS) is 22.5. The van der Waals surface area contributed by atoms with Crippen LogP contribution in [0.15, 0.2) is 30.3 Å². The molecule has 2 atom stereocenters. The Balaban J connectivity index is 1.55. The number of Topliss-reactive ketones (excluding diaryl/α,β-unsaturated/α-hetero) is 1. The second-order valence-electron chi connectivity index (χ2n) is 12.5. The highest BCUT2D eigenvalue weighted by Crippen LogP contribution is 2.43. The van der Waals surface area contributed by atoms with Crippen molar-refractivity contribution >= 4 is 11.7 Å². The first-order valence-electron chi connectivity index (χ1n) is 15.3. The molecule has 45 heavy (non-hydrogen) atoms. The van der Waals surface area contributed by atoms with Crippen LogP contribution in [-0.4, -0.2) is 32.0 Å². The molecule has 1 unspecified atom stereocenters. The van der Waals surface area contributed by atoms with Crippen molar-refractivity contribution < 1.29 is 31.1 Å². The molecule has 1 fully saturated rings. The van der Waals surface area contributed by atoms with E-state index in [0.29, 0.717) is 6.42 Å². The molecule has 2 aliphatic carbocycles. The third-order valence-corrected chi connectivity index (χ3v) is 9.11. The van der Waals surface area contributed by atoms with Gasteiger partial charge in [0.1, 0.15) is 5.78 Å². The number of nitrogens with zero attached hydrogens (tertiary/aromatic N) is 5. The van der Waals surface area contributed by atoms with Gasteiger partial charge in [0, 0.05) is 24.5 Å². The first kappa shape index (κ1) is 32.9. The molecule has 0 radical (unpaired) electrons. The molecule has 0 aliphatic heterocycles. The van der Waals surface area contributed by atoms with Gasteiger partial charge in [0.15, 0.2) is 0 Å². The highest BCUT2D eigenvalue weighted by atomic mass is 19.4. The van der Waals surface area contributed by atoms with E-state index >= 15 is 0 Å². The van der Waals surface area contributed by atoms with Crippen LogP contribution in [0.3, 0.4) is 0 Å². The van der Waals surface area contributed by atoms with Gasteiger partial charge in [-0.15, -0.1) is 5.10 Å². The summed E-state index contributed by atoms with van der Waals surface area (Å²) in [5.74, 6) is 0.441. The van der Waals surface area contributed by atoms with Crippen LogP contribution in [0.25, 0.3) is 0 Å². The maximum Gasteiger partial charge on any atom is 0.416 e. The summed E-state index contributed by atoms with van der Waals surface area (Å²) in [4.78, 5) is 14.8. The molecule has 7 nitrogen and oxygen atoms in total. The van der Waals surface area contributed by atoms with Gasteiger partial charge >= 0.3 is 12.4 Å². The average molecular weight is 637 g/mol. The summed E-state index contributed by atoms with van der Waals surface area (Å²) in [6.45, 7) is 5.35. The minimum absolute atomic E-state index is 0.00784. The fourth-order valence-corrected chi connectivity index (χ4v) is 7.04. The Labute approximate surface area is 258 Å². The molecule has 0 amide bonds. The molecule has 0 bridgehead atoms. The summed E-state index contributed by atoms with van der Waals surface area (Å²) >= 11 is 0. The van der Waals surface area contributed by atoms with Crippen molar-refractivity contribution in [3.8, 4) is 0 Å². The SMILES string of the molecule is CC(=O)C1CCC(NC2CCC[C@H](N(Cc3cc(C(F)(F)F)cc(C(F)(F)F)c3)c3nnn(C)n3)c3cc(C)cc(C)c32)CC1. The Kier molecular flexibility index (Phi) is 9.30. The van der Waals surface area contributed by atoms with Gasteiger partial charge in [0.05, 0.1) is 24.2 Å². The third kappa shape index (κ3) is 7.50. The fraction of sp³-hybridized carbons (Fsp3) is 0.562. The lowest BCUT2D eigenvalue weighted by Gasteiger charge is -2.34. The van der Waals surface area contributed by atoms with Crippen molar-refractivity contribution in [2.75, 3.05) is 4.90 Å². The third-order valence-electron chi connectivity index (χ3n) is 9.11. The number of anilines is 1. The van der Waals surface area contributed by atoms with Crippen molar-refractivity contribution in [2.24, 2.45) is 13.0 Å². The van der Waals surface area contributed by atoms with Gasteiger partial charge in [-0.3, -0.25) is 4.79 Å². The molecule has 0 saturated heterocycles. The Morgan fingerprint density at radius 2 is 1.58 bits per heavy atom. The molecular weight excluding hydrogens is 598 g/mol. The van der Waals surface area contributed by atoms with Gasteiger partial charge in [0.2, 0.25) is 0 Å². The number of ketones is 1. The Hall–Kier alpha value is -3.48. The molecule has 244 valence electrons. The number of nitrogens with one attached hydrogen (secondary N) is 1. The number of rotatable bonds is 7. The lowest BCUT2D eigenvalue weighted by Crippen LogP contribution is -2.37. The minimum Gasteiger partial charge on any atom is -0.327 e.